The number of nitrogens with zero attached hydrogens (tertiary/aromatic N) is 1. The molecule has 5 nitrogen and oxygen atoms in total. The number of hydrogen-bond acceptors (Lipinski definition) is 4. The van der Waals surface area contributed by atoms with Gasteiger partial charge in [-0.1, -0.05) is 29.8 Å². The van der Waals surface area contributed by atoms with Crippen molar-refractivity contribution in [3.05, 3.63) is 88.4 Å². The van der Waals surface area contributed by atoms with Crippen LogP contribution in [-0.4, -0.2) is 27.7 Å². The van der Waals surface area contributed by atoms with Gasteiger partial charge in [-0.15, -0.1) is 11.8 Å². The summed E-state index contributed by atoms with van der Waals surface area (Å²) in [5.74, 6) is -2.73. The number of amides is 2. The van der Waals surface area contributed by atoms with E-state index in [1.807, 2.05) is 0 Å². The molecule has 0 bridgehead atoms. The van der Waals surface area contributed by atoms with Crippen LogP contribution in [0.5, 0.6) is 5.75 Å². The number of rotatable bonds is 4. The Hall–Kier alpha value is -3.10. The zero-order chi connectivity index (χ0) is 22.1. The van der Waals surface area contributed by atoms with Crippen molar-refractivity contribution in [2.75, 3.05) is 5.75 Å². The number of nitrogens with one attached hydrogen (secondary N) is 1. The fraction of sp³-hybridized carbons (Fsp3) is 0.0909. The van der Waals surface area contributed by atoms with Gasteiger partial charge in [-0.25, -0.2) is 13.8 Å². The van der Waals surface area contributed by atoms with E-state index in [1.54, 1.807) is 24.3 Å². The average molecular weight is 461 g/mol. The number of phenolic OH excluding ortho intramolecular Hbond substituents is 1. The first-order valence-electron chi connectivity index (χ1n) is 9.11. The molecule has 1 aliphatic rings. The minimum absolute atomic E-state index is 0.137. The highest BCUT2D eigenvalue weighted by Crippen LogP contribution is 2.38. The van der Waals surface area contributed by atoms with Crippen LogP contribution in [0.3, 0.4) is 0 Å². The van der Waals surface area contributed by atoms with Gasteiger partial charge in [0.2, 0.25) is 0 Å². The SMILES string of the molecule is O=C(NN1C(=O)CSC1c1ccc(Cl)cc1)c1cc(-c2cc(F)cc(F)c2)ccc1O. The second kappa shape index (κ2) is 8.56. The number of carbonyl (C=O) groups excluding carboxylic acids is 2. The van der Waals surface area contributed by atoms with Crippen LogP contribution >= 0.6 is 23.4 Å². The summed E-state index contributed by atoms with van der Waals surface area (Å²) in [6, 6.07) is 13.9. The van der Waals surface area contributed by atoms with E-state index in [-0.39, 0.29) is 28.5 Å². The van der Waals surface area contributed by atoms with Crippen LogP contribution in [-0.2, 0) is 4.79 Å². The molecule has 1 unspecified atom stereocenters. The van der Waals surface area contributed by atoms with Crippen molar-refractivity contribution in [3.63, 3.8) is 0 Å². The topological polar surface area (TPSA) is 69.6 Å². The quantitative estimate of drug-likeness (QED) is 0.580. The number of hydrogen-bond donors (Lipinski definition) is 2. The summed E-state index contributed by atoms with van der Waals surface area (Å²) in [5, 5.41) is 11.5. The maximum absolute atomic E-state index is 13.6. The molecule has 0 saturated carbocycles. The largest absolute Gasteiger partial charge is 0.507 e. The second-order valence-corrected chi connectivity index (χ2v) is 8.31. The van der Waals surface area contributed by atoms with Crippen molar-refractivity contribution in [3.8, 4) is 16.9 Å². The molecule has 0 radical (unpaired) electrons. The first-order valence-corrected chi connectivity index (χ1v) is 10.5. The third kappa shape index (κ3) is 4.50. The van der Waals surface area contributed by atoms with Crippen molar-refractivity contribution in [1.29, 1.82) is 0 Å². The average Bonchev–Trinajstić information content (AvgIpc) is 3.08. The number of aromatic hydroxyl groups is 1. The number of carbonyl (C=O) groups is 2. The lowest BCUT2D eigenvalue weighted by atomic mass is 10.0. The zero-order valence-corrected chi connectivity index (χ0v) is 17.4. The Bertz CT molecular complexity index is 1150. The lowest BCUT2D eigenvalue weighted by Gasteiger charge is -2.25. The highest BCUT2D eigenvalue weighted by atomic mass is 35.5. The number of hydrazine groups is 1. The number of benzene rings is 3. The molecule has 0 spiro atoms. The van der Waals surface area contributed by atoms with Gasteiger partial charge in [-0.05, 0) is 53.1 Å². The summed E-state index contributed by atoms with van der Waals surface area (Å²) in [6.07, 6.45) is 0. The Morgan fingerprint density at radius 2 is 1.71 bits per heavy atom. The van der Waals surface area contributed by atoms with E-state index in [0.717, 1.165) is 23.8 Å². The van der Waals surface area contributed by atoms with Crippen molar-refractivity contribution in [1.82, 2.24) is 10.4 Å². The highest BCUT2D eigenvalue weighted by Gasteiger charge is 2.34. The molecule has 1 saturated heterocycles. The van der Waals surface area contributed by atoms with Gasteiger partial charge in [0.15, 0.2) is 0 Å². The van der Waals surface area contributed by atoms with Gasteiger partial charge in [0.05, 0.1) is 11.3 Å². The van der Waals surface area contributed by atoms with Crippen LogP contribution in [0, 0.1) is 11.6 Å². The second-order valence-electron chi connectivity index (χ2n) is 6.81. The Morgan fingerprint density at radius 1 is 1.03 bits per heavy atom. The summed E-state index contributed by atoms with van der Waals surface area (Å²) in [4.78, 5) is 25.2. The van der Waals surface area contributed by atoms with Crippen molar-refractivity contribution < 1.29 is 23.5 Å². The highest BCUT2D eigenvalue weighted by molar-refractivity contribution is 8.00. The molecule has 3 aromatic rings. The van der Waals surface area contributed by atoms with Crippen LogP contribution in [0.15, 0.2) is 60.7 Å². The lowest BCUT2D eigenvalue weighted by Crippen LogP contribution is -2.44. The van der Waals surface area contributed by atoms with E-state index < -0.39 is 22.9 Å². The molecular formula is C22H15ClF2N2O3S. The number of thioether (sulfide) groups is 1. The maximum atomic E-state index is 13.6. The summed E-state index contributed by atoms with van der Waals surface area (Å²) in [5.41, 5.74) is 3.71. The van der Waals surface area contributed by atoms with Gasteiger partial charge in [0.1, 0.15) is 22.8 Å². The molecule has 158 valence electrons. The summed E-state index contributed by atoms with van der Waals surface area (Å²) in [7, 11) is 0. The lowest BCUT2D eigenvalue weighted by molar-refractivity contribution is -0.130. The van der Waals surface area contributed by atoms with Gasteiger partial charge >= 0.3 is 0 Å². The minimum Gasteiger partial charge on any atom is -0.507 e. The molecule has 0 aromatic heterocycles. The van der Waals surface area contributed by atoms with E-state index in [2.05, 4.69) is 5.43 Å². The normalized spacial score (nSPS) is 15.9. The predicted octanol–water partition coefficient (Wildman–Crippen LogP) is 4.91. The smallest absolute Gasteiger partial charge is 0.273 e. The van der Waals surface area contributed by atoms with Crippen molar-refractivity contribution in [2.24, 2.45) is 0 Å². The van der Waals surface area contributed by atoms with E-state index in [9.17, 15) is 23.5 Å². The fourth-order valence-corrected chi connectivity index (χ4v) is 4.44. The number of phenols is 1. The van der Waals surface area contributed by atoms with E-state index in [1.165, 1.54) is 35.0 Å². The molecule has 1 heterocycles. The molecule has 3 aromatic carbocycles. The molecule has 1 atom stereocenters. The summed E-state index contributed by atoms with van der Waals surface area (Å²) < 4.78 is 27.1. The molecule has 9 heteroatoms. The van der Waals surface area contributed by atoms with Gasteiger partial charge < -0.3 is 5.11 Å². The zero-order valence-electron chi connectivity index (χ0n) is 15.8. The van der Waals surface area contributed by atoms with Crippen molar-refractivity contribution >= 4 is 35.2 Å². The van der Waals surface area contributed by atoms with Crippen LogP contribution in [0.2, 0.25) is 5.02 Å². The Balaban J connectivity index is 1.61. The van der Waals surface area contributed by atoms with E-state index >= 15 is 0 Å². The van der Waals surface area contributed by atoms with Crippen LogP contribution in [0.25, 0.3) is 11.1 Å². The first-order chi connectivity index (χ1) is 14.8. The standard InChI is InChI=1S/C22H15ClF2N2O3S/c23-15-4-1-12(2-5-15)22-27(20(29)11-31-22)26-21(30)18-9-13(3-6-19(18)28)14-7-16(24)10-17(25)8-14/h1-10,22,28H,11H2,(H,26,30). The number of halogens is 3. The van der Waals surface area contributed by atoms with Gasteiger partial charge in [-0.3, -0.25) is 15.0 Å². The van der Waals surface area contributed by atoms with Crippen LogP contribution in [0.1, 0.15) is 21.3 Å². The predicted molar refractivity (Wildman–Crippen MR) is 114 cm³/mol. The monoisotopic (exact) mass is 460 g/mol. The van der Waals surface area contributed by atoms with E-state index in [0.29, 0.717) is 10.6 Å². The van der Waals surface area contributed by atoms with Crippen LogP contribution in [0.4, 0.5) is 8.78 Å². The van der Waals surface area contributed by atoms with Gasteiger partial charge in [-0.2, -0.15) is 0 Å². The molecular weight excluding hydrogens is 446 g/mol. The molecule has 31 heavy (non-hydrogen) atoms. The Kier molecular flexibility index (Phi) is 5.84. The van der Waals surface area contributed by atoms with Gasteiger partial charge in [0, 0.05) is 11.1 Å². The molecule has 4 rings (SSSR count). The van der Waals surface area contributed by atoms with E-state index in [4.69, 9.17) is 11.6 Å². The molecule has 0 aliphatic carbocycles. The fourth-order valence-electron chi connectivity index (χ4n) is 3.21. The molecule has 1 fully saturated rings. The van der Waals surface area contributed by atoms with Gasteiger partial charge in [0.25, 0.3) is 11.8 Å². The first kappa shape index (κ1) is 21.1. The molecule has 2 N–H and O–H groups in total. The third-order valence-electron chi connectivity index (χ3n) is 4.68. The summed E-state index contributed by atoms with van der Waals surface area (Å²) >= 11 is 7.25. The third-order valence-corrected chi connectivity index (χ3v) is 6.15. The molecule has 2 amide bonds. The van der Waals surface area contributed by atoms with Crippen molar-refractivity contribution in [2.45, 2.75) is 5.37 Å². The minimum atomic E-state index is -0.764. The maximum Gasteiger partial charge on any atom is 0.273 e. The Labute approximate surface area is 185 Å². The molecule has 1 aliphatic heterocycles. The summed E-state index contributed by atoms with van der Waals surface area (Å²) in [6.45, 7) is 0. The van der Waals surface area contributed by atoms with Crippen LogP contribution < -0.4 is 5.43 Å². The Morgan fingerprint density at radius 3 is 2.39 bits per heavy atom.